The Balaban J connectivity index is 2.23. The fourth-order valence-corrected chi connectivity index (χ4v) is 3.38. The summed E-state index contributed by atoms with van der Waals surface area (Å²) in [6.45, 7) is 4.36. The van der Waals surface area contributed by atoms with Gasteiger partial charge in [-0.15, -0.1) is 10.2 Å². The molecule has 1 fully saturated rings. The monoisotopic (exact) mass is 255 g/mol. The van der Waals surface area contributed by atoms with Crippen molar-refractivity contribution in [2.75, 3.05) is 0 Å². The Labute approximate surface area is 109 Å². The van der Waals surface area contributed by atoms with Crippen molar-refractivity contribution in [1.29, 1.82) is 0 Å². The van der Waals surface area contributed by atoms with E-state index in [4.69, 9.17) is 11.6 Å². The van der Waals surface area contributed by atoms with Crippen molar-refractivity contribution in [2.24, 2.45) is 5.92 Å². The molecule has 0 spiro atoms. The summed E-state index contributed by atoms with van der Waals surface area (Å²) in [6, 6.07) is 0.493. The highest BCUT2D eigenvalue weighted by atomic mass is 35.5. The van der Waals surface area contributed by atoms with Crippen molar-refractivity contribution in [2.45, 2.75) is 64.8 Å². The van der Waals surface area contributed by atoms with Gasteiger partial charge in [0.05, 0.1) is 0 Å². The summed E-state index contributed by atoms with van der Waals surface area (Å²) in [5.74, 6) is 1.79. The van der Waals surface area contributed by atoms with Gasteiger partial charge in [0, 0.05) is 12.5 Å². The summed E-state index contributed by atoms with van der Waals surface area (Å²) >= 11 is 6.21. The number of hydrogen-bond donors (Lipinski definition) is 0. The second-order valence-corrected chi connectivity index (χ2v) is 5.32. The smallest absolute Gasteiger partial charge is 0.225 e. The van der Waals surface area contributed by atoms with E-state index in [0.29, 0.717) is 11.3 Å². The van der Waals surface area contributed by atoms with Gasteiger partial charge in [0.2, 0.25) is 5.28 Å². The van der Waals surface area contributed by atoms with Gasteiger partial charge < -0.3 is 0 Å². The number of hydrogen-bond acceptors (Lipinski definition) is 2. The molecule has 0 aromatic carbocycles. The van der Waals surface area contributed by atoms with Crippen molar-refractivity contribution in [1.82, 2.24) is 14.8 Å². The van der Waals surface area contributed by atoms with Crippen LogP contribution in [0.5, 0.6) is 0 Å². The van der Waals surface area contributed by atoms with E-state index in [2.05, 4.69) is 28.6 Å². The van der Waals surface area contributed by atoms with E-state index in [1.807, 2.05) is 0 Å². The number of nitrogens with zero attached hydrogens (tertiary/aromatic N) is 3. The molecule has 1 aliphatic rings. The molecule has 0 radical (unpaired) electrons. The average molecular weight is 256 g/mol. The predicted molar refractivity (Wildman–Crippen MR) is 70.3 cm³/mol. The van der Waals surface area contributed by atoms with Gasteiger partial charge >= 0.3 is 0 Å². The molecule has 1 atom stereocenters. The summed E-state index contributed by atoms with van der Waals surface area (Å²) in [6.07, 6.45) is 8.80. The van der Waals surface area contributed by atoms with Crippen LogP contribution in [-0.2, 0) is 6.42 Å². The molecule has 2 rings (SSSR count). The molecule has 1 aromatic rings. The second-order valence-electron chi connectivity index (χ2n) is 4.98. The average Bonchev–Trinajstić information content (AvgIpc) is 2.74. The second kappa shape index (κ2) is 5.85. The fourth-order valence-electron chi connectivity index (χ4n) is 3.12. The summed E-state index contributed by atoms with van der Waals surface area (Å²) in [4.78, 5) is 0. The highest BCUT2D eigenvalue weighted by Gasteiger charge is 2.27. The minimum absolute atomic E-state index is 0.493. The first-order chi connectivity index (χ1) is 8.27. The fraction of sp³-hybridized carbons (Fsp3) is 0.846. The first-order valence-electron chi connectivity index (χ1n) is 6.87. The molecule has 1 unspecified atom stereocenters. The standard InChI is InChI=1S/C13H22ClN3/c1-3-11(10-8-6-5-7-9-10)17-12(4-2)15-16-13(17)14/h10-11H,3-9H2,1-2H3. The molecule has 0 N–H and O–H groups in total. The minimum Gasteiger partial charge on any atom is -0.298 e. The lowest BCUT2D eigenvalue weighted by molar-refractivity contribution is 0.239. The van der Waals surface area contributed by atoms with E-state index in [0.717, 1.165) is 24.6 Å². The maximum absolute atomic E-state index is 6.21. The lowest BCUT2D eigenvalue weighted by atomic mass is 9.82. The van der Waals surface area contributed by atoms with Crippen LogP contribution in [0.4, 0.5) is 0 Å². The molecule has 17 heavy (non-hydrogen) atoms. The summed E-state index contributed by atoms with van der Waals surface area (Å²) in [7, 11) is 0. The maximum atomic E-state index is 6.21. The third-order valence-electron chi connectivity index (χ3n) is 3.98. The number of halogens is 1. The Kier molecular flexibility index (Phi) is 4.43. The first kappa shape index (κ1) is 12.9. The molecule has 1 aliphatic carbocycles. The van der Waals surface area contributed by atoms with Gasteiger partial charge in [0.15, 0.2) is 0 Å². The van der Waals surface area contributed by atoms with E-state index < -0.39 is 0 Å². The van der Waals surface area contributed by atoms with Crippen molar-refractivity contribution in [3.05, 3.63) is 11.1 Å². The zero-order valence-electron chi connectivity index (χ0n) is 10.8. The molecule has 96 valence electrons. The molecule has 3 nitrogen and oxygen atoms in total. The van der Waals surface area contributed by atoms with Crippen molar-refractivity contribution < 1.29 is 0 Å². The van der Waals surface area contributed by atoms with Gasteiger partial charge in [-0.3, -0.25) is 4.57 Å². The van der Waals surface area contributed by atoms with Crippen LogP contribution in [-0.4, -0.2) is 14.8 Å². The quantitative estimate of drug-likeness (QED) is 0.813. The van der Waals surface area contributed by atoms with E-state index in [1.54, 1.807) is 0 Å². The van der Waals surface area contributed by atoms with Crippen LogP contribution in [0.15, 0.2) is 0 Å². The number of aryl methyl sites for hydroxylation is 1. The topological polar surface area (TPSA) is 30.7 Å². The lowest BCUT2D eigenvalue weighted by Crippen LogP contribution is -2.23. The Morgan fingerprint density at radius 3 is 2.53 bits per heavy atom. The Morgan fingerprint density at radius 2 is 1.94 bits per heavy atom. The molecule has 1 saturated carbocycles. The zero-order valence-corrected chi connectivity index (χ0v) is 11.6. The van der Waals surface area contributed by atoms with Crippen LogP contribution in [0.2, 0.25) is 5.28 Å². The van der Waals surface area contributed by atoms with Gasteiger partial charge in [-0.05, 0) is 36.8 Å². The zero-order chi connectivity index (χ0) is 12.3. The third-order valence-corrected chi connectivity index (χ3v) is 4.24. The SMILES string of the molecule is CCc1nnc(Cl)n1C(CC)C1CCCCC1. The van der Waals surface area contributed by atoms with E-state index in [-0.39, 0.29) is 0 Å². The first-order valence-corrected chi connectivity index (χ1v) is 7.25. The number of rotatable bonds is 4. The molecular formula is C13H22ClN3. The molecule has 1 aromatic heterocycles. The van der Waals surface area contributed by atoms with Crippen molar-refractivity contribution >= 4 is 11.6 Å². The highest BCUT2D eigenvalue weighted by Crippen LogP contribution is 2.36. The minimum atomic E-state index is 0.493. The number of aromatic nitrogens is 3. The molecule has 4 heteroatoms. The van der Waals surface area contributed by atoms with Crippen LogP contribution in [0.25, 0.3) is 0 Å². The predicted octanol–water partition coefficient (Wildman–Crippen LogP) is 4.03. The summed E-state index contributed by atoms with van der Waals surface area (Å²) in [5.41, 5.74) is 0. The van der Waals surface area contributed by atoms with Crippen LogP contribution >= 0.6 is 11.6 Å². The Morgan fingerprint density at radius 1 is 1.24 bits per heavy atom. The molecule has 0 aliphatic heterocycles. The van der Waals surface area contributed by atoms with E-state index in [9.17, 15) is 0 Å². The van der Waals surface area contributed by atoms with Crippen LogP contribution < -0.4 is 0 Å². The van der Waals surface area contributed by atoms with Crippen molar-refractivity contribution in [3.8, 4) is 0 Å². The Hall–Kier alpha value is -0.570. The maximum Gasteiger partial charge on any atom is 0.225 e. The third kappa shape index (κ3) is 2.65. The van der Waals surface area contributed by atoms with E-state index in [1.165, 1.54) is 32.1 Å². The van der Waals surface area contributed by atoms with Gasteiger partial charge in [0.1, 0.15) is 5.82 Å². The van der Waals surface area contributed by atoms with Gasteiger partial charge in [-0.1, -0.05) is 33.1 Å². The largest absolute Gasteiger partial charge is 0.298 e. The van der Waals surface area contributed by atoms with Crippen LogP contribution in [0.1, 0.15) is 64.2 Å². The molecule has 1 heterocycles. The van der Waals surface area contributed by atoms with Gasteiger partial charge in [-0.2, -0.15) is 0 Å². The highest BCUT2D eigenvalue weighted by molar-refractivity contribution is 6.28. The summed E-state index contributed by atoms with van der Waals surface area (Å²) in [5, 5.41) is 8.78. The molecular weight excluding hydrogens is 234 g/mol. The van der Waals surface area contributed by atoms with E-state index >= 15 is 0 Å². The lowest BCUT2D eigenvalue weighted by Gasteiger charge is -2.31. The molecule has 0 amide bonds. The molecule has 0 saturated heterocycles. The normalized spacial score (nSPS) is 19.5. The van der Waals surface area contributed by atoms with Gasteiger partial charge in [0.25, 0.3) is 0 Å². The molecule has 0 bridgehead atoms. The van der Waals surface area contributed by atoms with Crippen LogP contribution in [0, 0.1) is 5.92 Å². The van der Waals surface area contributed by atoms with Crippen LogP contribution in [0.3, 0.4) is 0 Å². The van der Waals surface area contributed by atoms with Crippen molar-refractivity contribution in [3.63, 3.8) is 0 Å². The Bertz CT molecular complexity index is 356. The summed E-state index contributed by atoms with van der Waals surface area (Å²) < 4.78 is 2.18. The van der Waals surface area contributed by atoms with Gasteiger partial charge in [-0.25, -0.2) is 0 Å².